The van der Waals surface area contributed by atoms with Crippen LogP contribution in [0.4, 0.5) is 0 Å². The lowest BCUT2D eigenvalue weighted by Crippen LogP contribution is -2.28. The van der Waals surface area contributed by atoms with E-state index in [0.29, 0.717) is 31.9 Å². The van der Waals surface area contributed by atoms with E-state index in [1.54, 1.807) is 37.3 Å². The van der Waals surface area contributed by atoms with Gasteiger partial charge in [0.1, 0.15) is 11.4 Å². The van der Waals surface area contributed by atoms with E-state index in [9.17, 15) is 22.8 Å². The first-order chi connectivity index (χ1) is 18.5. The van der Waals surface area contributed by atoms with Crippen LogP contribution in [0, 0.1) is 0 Å². The van der Waals surface area contributed by atoms with Gasteiger partial charge in [0.25, 0.3) is 5.56 Å². The molecule has 0 spiro atoms. The minimum absolute atomic E-state index is 0.0243. The SMILES string of the molecule is CCOC(=O)/C(N)=C\C(=O)c1c(-c2ccccc2)c2cc(Br)ccc2c(=O)n1Cc1ccc(S(C)(=O)=O)cc1. The fourth-order valence-corrected chi connectivity index (χ4v) is 5.22. The molecular weight excluding hydrogens is 584 g/mol. The number of ether oxygens (including phenoxy) is 1. The van der Waals surface area contributed by atoms with Gasteiger partial charge in [-0.2, -0.15) is 0 Å². The quantitative estimate of drug-likeness (QED) is 0.178. The summed E-state index contributed by atoms with van der Waals surface area (Å²) in [5.74, 6) is -1.51. The molecule has 2 N–H and O–H groups in total. The highest BCUT2D eigenvalue weighted by Crippen LogP contribution is 2.33. The van der Waals surface area contributed by atoms with Gasteiger partial charge in [-0.05, 0) is 53.8 Å². The van der Waals surface area contributed by atoms with Crippen molar-refractivity contribution >= 4 is 48.3 Å². The van der Waals surface area contributed by atoms with Gasteiger partial charge in [-0.15, -0.1) is 0 Å². The lowest BCUT2D eigenvalue weighted by atomic mass is 9.94. The Labute approximate surface area is 233 Å². The molecule has 0 aliphatic carbocycles. The average Bonchev–Trinajstić information content (AvgIpc) is 2.90. The Hall–Kier alpha value is -4.02. The van der Waals surface area contributed by atoms with Gasteiger partial charge < -0.3 is 10.5 Å². The lowest BCUT2D eigenvalue weighted by molar-refractivity contribution is -0.138. The molecule has 4 aromatic rings. The molecule has 0 unspecified atom stereocenters. The van der Waals surface area contributed by atoms with Crippen molar-refractivity contribution < 1.29 is 22.7 Å². The Morgan fingerprint density at radius 1 is 1.00 bits per heavy atom. The van der Waals surface area contributed by atoms with E-state index < -0.39 is 32.8 Å². The molecule has 200 valence electrons. The summed E-state index contributed by atoms with van der Waals surface area (Å²) < 4.78 is 30.8. The molecule has 0 aliphatic heterocycles. The zero-order valence-electron chi connectivity index (χ0n) is 21.2. The molecular formula is C29H25BrN2O6S. The first-order valence-electron chi connectivity index (χ1n) is 11.9. The molecule has 0 bridgehead atoms. The van der Waals surface area contributed by atoms with Crippen LogP contribution < -0.4 is 11.3 Å². The number of halogens is 1. The second-order valence-corrected chi connectivity index (χ2v) is 11.7. The molecule has 0 aliphatic rings. The standard InChI is InChI=1S/C29H25BrN2O6S/c1-3-38-29(35)24(31)16-25(33)27-26(19-7-5-4-6-8-19)23-15-20(30)11-14-22(23)28(34)32(27)17-18-9-12-21(13-10-18)39(2,36)37/h4-16H,3,17,31H2,1-2H3/b24-16+. The molecule has 10 heteroatoms. The summed E-state index contributed by atoms with van der Waals surface area (Å²) in [5.41, 5.74) is 6.82. The lowest BCUT2D eigenvalue weighted by Gasteiger charge is -2.19. The van der Waals surface area contributed by atoms with Crippen LogP contribution >= 0.6 is 15.9 Å². The summed E-state index contributed by atoms with van der Waals surface area (Å²) in [6.07, 6.45) is 2.07. The Morgan fingerprint density at radius 2 is 1.67 bits per heavy atom. The largest absolute Gasteiger partial charge is 0.461 e. The Bertz CT molecular complexity index is 1780. The topological polar surface area (TPSA) is 126 Å². The second-order valence-electron chi connectivity index (χ2n) is 8.77. The van der Waals surface area contributed by atoms with Gasteiger partial charge in [0.2, 0.25) is 5.78 Å². The molecule has 0 radical (unpaired) electrons. The number of pyridine rings is 1. The summed E-state index contributed by atoms with van der Waals surface area (Å²) in [4.78, 5) is 40.0. The van der Waals surface area contributed by atoms with E-state index >= 15 is 0 Å². The predicted molar refractivity (Wildman–Crippen MR) is 153 cm³/mol. The zero-order valence-corrected chi connectivity index (χ0v) is 23.6. The fraction of sp³-hybridized carbons (Fsp3) is 0.138. The van der Waals surface area contributed by atoms with Crippen molar-refractivity contribution in [2.45, 2.75) is 18.4 Å². The van der Waals surface area contributed by atoms with Crippen molar-refractivity contribution in [3.8, 4) is 11.1 Å². The van der Waals surface area contributed by atoms with Crippen LogP contribution in [0.2, 0.25) is 0 Å². The van der Waals surface area contributed by atoms with Gasteiger partial charge in [0, 0.05) is 27.8 Å². The average molecular weight is 609 g/mol. The van der Waals surface area contributed by atoms with Crippen LogP contribution in [-0.4, -0.2) is 37.6 Å². The van der Waals surface area contributed by atoms with Crippen LogP contribution in [0.15, 0.2) is 98.7 Å². The molecule has 8 nitrogen and oxygen atoms in total. The molecule has 3 aromatic carbocycles. The van der Waals surface area contributed by atoms with Crippen molar-refractivity contribution in [2.75, 3.05) is 12.9 Å². The number of sulfone groups is 1. The number of allylic oxidation sites excluding steroid dienone is 1. The first kappa shape index (κ1) is 28.0. The Morgan fingerprint density at radius 3 is 2.28 bits per heavy atom. The number of esters is 1. The second kappa shape index (κ2) is 11.4. The minimum atomic E-state index is -3.42. The Kier molecular flexibility index (Phi) is 8.17. The van der Waals surface area contributed by atoms with Gasteiger partial charge in [-0.1, -0.05) is 58.4 Å². The molecule has 0 fully saturated rings. The number of ketones is 1. The molecule has 1 aromatic heterocycles. The number of nitrogens with two attached hydrogens (primary N) is 1. The van der Waals surface area contributed by atoms with Crippen molar-refractivity contribution in [3.63, 3.8) is 0 Å². The van der Waals surface area contributed by atoms with E-state index in [-0.39, 0.29) is 23.7 Å². The molecule has 39 heavy (non-hydrogen) atoms. The van der Waals surface area contributed by atoms with Crippen LogP contribution in [0.5, 0.6) is 0 Å². The number of carbonyl (C=O) groups is 2. The zero-order chi connectivity index (χ0) is 28.3. The summed E-state index contributed by atoms with van der Waals surface area (Å²) in [6.45, 7) is 1.66. The van der Waals surface area contributed by atoms with E-state index in [1.165, 1.54) is 16.7 Å². The van der Waals surface area contributed by atoms with Gasteiger partial charge in [0.05, 0.1) is 18.0 Å². The van der Waals surface area contributed by atoms with E-state index in [2.05, 4.69) is 15.9 Å². The third-order valence-corrected chi connectivity index (χ3v) is 7.64. The number of hydrogen-bond acceptors (Lipinski definition) is 7. The maximum atomic E-state index is 13.9. The van der Waals surface area contributed by atoms with Crippen LogP contribution in [0.25, 0.3) is 21.9 Å². The highest BCUT2D eigenvalue weighted by Gasteiger charge is 2.24. The van der Waals surface area contributed by atoms with Crippen LogP contribution in [0.1, 0.15) is 23.0 Å². The van der Waals surface area contributed by atoms with Crippen molar-refractivity contribution in [1.82, 2.24) is 4.57 Å². The van der Waals surface area contributed by atoms with Crippen LogP contribution in [0.3, 0.4) is 0 Å². The number of benzene rings is 3. The van der Waals surface area contributed by atoms with E-state index in [0.717, 1.165) is 12.3 Å². The summed E-state index contributed by atoms with van der Waals surface area (Å²) in [5, 5.41) is 0.916. The van der Waals surface area contributed by atoms with Crippen LogP contribution in [-0.2, 0) is 25.9 Å². The first-order valence-corrected chi connectivity index (χ1v) is 14.6. The van der Waals surface area contributed by atoms with Crippen molar-refractivity contribution in [3.05, 3.63) is 111 Å². The minimum Gasteiger partial charge on any atom is -0.461 e. The van der Waals surface area contributed by atoms with Crippen molar-refractivity contribution in [2.24, 2.45) is 5.73 Å². The monoisotopic (exact) mass is 608 g/mol. The van der Waals surface area contributed by atoms with Gasteiger partial charge in [0.15, 0.2) is 9.84 Å². The summed E-state index contributed by atoms with van der Waals surface area (Å²) in [6, 6.07) is 20.4. The smallest absolute Gasteiger partial charge is 0.354 e. The normalized spacial score (nSPS) is 11.9. The van der Waals surface area contributed by atoms with Gasteiger partial charge in [-0.3, -0.25) is 14.2 Å². The molecule has 0 saturated heterocycles. The molecule has 0 amide bonds. The summed E-state index contributed by atoms with van der Waals surface area (Å²) >= 11 is 3.46. The van der Waals surface area contributed by atoms with E-state index in [4.69, 9.17) is 10.5 Å². The molecule has 4 rings (SSSR count). The molecule has 0 saturated carbocycles. The number of fused-ring (bicyclic) bond motifs is 1. The fourth-order valence-electron chi connectivity index (χ4n) is 4.23. The van der Waals surface area contributed by atoms with Crippen molar-refractivity contribution in [1.29, 1.82) is 0 Å². The highest BCUT2D eigenvalue weighted by molar-refractivity contribution is 9.10. The van der Waals surface area contributed by atoms with Gasteiger partial charge in [-0.25, -0.2) is 13.2 Å². The third-order valence-electron chi connectivity index (χ3n) is 6.02. The number of nitrogens with zero attached hydrogens (tertiary/aromatic N) is 1. The maximum Gasteiger partial charge on any atom is 0.354 e. The summed E-state index contributed by atoms with van der Waals surface area (Å²) in [7, 11) is -3.42. The predicted octanol–water partition coefficient (Wildman–Crippen LogP) is 4.47. The number of hydrogen-bond donors (Lipinski definition) is 1. The number of aromatic nitrogens is 1. The molecule has 1 heterocycles. The molecule has 0 atom stereocenters. The van der Waals surface area contributed by atoms with Gasteiger partial charge >= 0.3 is 5.97 Å². The number of carbonyl (C=O) groups excluding carboxylic acids is 2. The maximum absolute atomic E-state index is 13.9. The highest BCUT2D eigenvalue weighted by atomic mass is 79.9. The number of rotatable bonds is 8. The van der Waals surface area contributed by atoms with E-state index in [1.807, 2.05) is 30.3 Å². The third kappa shape index (κ3) is 6.02. The Balaban J connectivity index is 2.04.